The molecule has 0 rings (SSSR count). The van der Waals surface area contributed by atoms with Gasteiger partial charge in [-0.2, -0.15) is 0 Å². The fourth-order valence-corrected chi connectivity index (χ4v) is 0. The number of hydrogen-bond donors (Lipinski definition) is 2. The molecule has 4 nitrogen and oxygen atoms in total. The second-order valence-electron chi connectivity index (χ2n) is 0.283. The molecule has 0 saturated heterocycles. The zero-order chi connectivity index (χ0) is 3.58. The summed E-state index contributed by atoms with van der Waals surface area (Å²) in [5, 5.41) is 0. The standard InChI is InChI=1S/Ca.H2O3Si.H2O.2H/c;1-4(2)3;;;/h;1-2H;1H2;;/q+2;;;2*-1. The summed E-state index contributed by atoms with van der Waals surface area (Å²) in [6, 6.07) is 0. The van der Waals surface area contributed by atoms with Crippen LogP contribution in [0.4, 0.5) is 0 Å². The van der Waals surface area contributed by atoms with Crippen LogP contribution in [-0.2, 0) is 4.46 Å². The minimum absolute atomic E-state index is 0. The van der Waals surface area contributed by atoms with Gasteiger partial charge in [0.25, 0.3) is 0 Å². The Hall–Kier alpha value is 0.837. The van der Waals surface area contributed by atoms with E-state index in [-0.39, 0.29) is 46.1 Å². The average molecular weight is 138 g/mol. The van der Waals surface area contributed by atoms with Crippen molar-refractivity contribution in [3.05, 3.63) is 0 Å². The van der Waals surface area contributed by atoms with E-state index in [1.165, 1.54) is 0 Å². The Labute approximate surface area is 69.0 Å². The predicted molar refractivity (Wildman–Crippen MR) is 22.5 cm³/mol. The molecule has 0 fully saturated rings. The van der Waals surface area contributed by atoms with Gasteiger partial charge in [-0.15, -0.1) is 0 Å². The minimum atomic E-state index is -3.13. The van der Waals surface area contributed by atoms with Gasteiger partial charge in [-0.25, -0.2) is 0 Å². The summed E-state index contributed by atoms with van der Waals surface area (Å²) in [4.78, 5) is 14.3. The van der Waals surface area contributed by atoms with Crippen LogP contribution in [0.2, 0.25) is 0 Å². The first-order chi connectivity index (χ1) is 1.73. The third kappa shape index (κ3) is 102. The fourth-order valence-electron chi connectivity index (χ4n) is 0. The van der Waals surface area contributed by atoms with Crippen molar-refractivity contribution >= 4 is 46.9 Å². The normalized spacial score (nSPS) is 4.00. The van der Waals surface area contributed by atoms with Crippen LogP contribution < -0.4 is 0 Å². The molecule has 0 atom stereocenters. The molecule has 0 aliphatic rings. The minimum Gasteiger partial charge on any atom is -1.00 e. The molecule has 0 amide bonds. The van der Waals surface area contributed by atoms with E-state index < -0.39 is 9.17 Å². The Morgan fingerprint density at radius 3 is 1.50 bits per heavy atom. The Bertz CT molecular complexity index is 37.0. The molecule has 6 heteroatoms. The van der Waals surface area contributed by atoms with Crippen molar-refractivity contribution in [2.45, 2.75) is 0 Å². The van der Waals surface area contributed by atoms with Crippen LogP contribution >= 0.6 is 0 Å². The van der Waals surface area contributed by atoms with Gasteiger partial charge < -0.3 is 17.9 Å². The van der Waals surface area contributed by atoms with E-state index in [2.05, 4.69) is 0 Å². The maximum Gasteiger partial charge on any atom is 2.00 e. The van der Waals surface area contributed by atoms with E-state index in [1.807, 2.05) is 0 Å². The molecule has 0 saturated carbocycles. The van der Waals surface area contributed by atoms with E-state index in [0.29, 0.717) is 0 Å². The van der Waals surface area contributed by atoms with Crippen molar-refractivity contribution in [1.82, 2.24) is 0 Å². The monoisotopic (exact) mass is 138 g/mol. The van der Waals surface area contributed by atoms with Crippen molar-refractivity contribution < 1.29 is 22.4 Å². The van der Waals surface area contributed by atoms with E-state index >= 15 is 0 Å². The van der Waals surface area contributed by atoms with E-state index in [1.54, 1.807) is 0 Å². The first-order valence-electron chi connectivity index (χ1n) is 0.651. The second-order valence-corrected chi connectivity index (χ2v) is 0.848. The molecule has 0 aromatic heterocycles. The van der Waals surface area contributed by atoms with Crippen molar-refractivity contribution in [1.29, 1.82) is 0 Å². The predicted octanol–water partition coefficient (Wildman–Crippen LogP) is -2.59. The van der Waals surface area contributed by atoms with Crippen LogP contribution in [0.25, 0.3) is 0 Å². The maximum atomic E-state index is 8.74. The Morgan fingerprint density at radius 2 is 1.50 bits per heavy atom. The molecule has 6 heavy (non-hydrogen) atoms. The van der Waals surface area contributed by atoms with Gasteiger partial charge in [0.15, 0.2) is 0 Å². The molecule has 0 aliphatic heterocycles. The molecule has 36 valence electrons. The van der Waals surface area contributed by atoms with Gasteiger partial charge in [0.1, 0.15) is 0 Å². The average Bonchev–Trinajstić information content (AvgIpc) is 0.811. The van der Waals surface area contributed by atoms with Crippen molar-refractivity contribution in [2.24, 2.45) is 0 Å². The van der Waals surface area contributed by atoms with Crippen LogP contribution in [-0.4, -0.2) is 62.0 Å². The van der Waals surface area contributed by atoms with Crippen LogP contribution in [0, 0.1) is 0 Å². The van der Waals surface area contributed by atoms with Gasteiger partial charge in [0.05, 0.1) is 0 Å². The molecule has 0 heterocycles. The van der Waals surface area contributed by atoms with E-state index in [0.717, 1.165) is 0 Å². The first kappa shape index (κ1) is 15.8. The Morgan fingerprint density at radius 1 is 1.50 bits per heavy atom. The molecule has 0 unspecified atom stereocenters. The molecule has 0 aromatic carbocycles. The molecular weight excluding hydrogens is 132 g/mol. The van der Waals surface area contributed by atoms with Crippen LogP contribution in [0.1, 0.15) is 2.85 Å². The molecule has 0 aromatic rings. The van der Waals surface area contributed by atoms with Gasteiger partial charge in [0, 0.05) is 0 Å². The summed E-state index contributed by atoms with van der Waals surface area (Å²) in [5.74, 6) is 0. The maximum absolute atomic E-state index is 8.74. The Balaban J connectivity index is -0.00000000750. The largest absolute Gasteiger partial charge is 2.00 e. The summed E-state index contributed by atoms with van der Waals surface area (Å²) in [7, 11) is -3.13. The second kappa shape index (κ2) is 9.28. The molecule has 0 radical (unpaired) electrons. The van der Waals surface area contributed by atoms with E-state index in [4.69, 9.17) is 14.1 Å². The molecule has 0 aliphatic carbocycles. The zero-order valence-corrected chi connectivity index (χ0v) is 6.22. The summed E-state index contributed by atoms with van der Waals surface area (Å²) in [5.41, 5.74) is 0. The van der Waals surface area contributed by atoms with Crippen molar-refractivity contribution in [3.8, 4) is 0 Å². The smallest absolute Gasteiger partial charge is 1.00 e. The van der Waals surface area contributed by atoms with Crippen molar-refractivity contribution in [3.63, 3.8) is 0 Å². The van der Waals surface area contributed by atoms with E-state index in [9.17, 15) is 0 Å². The summed E-state index contributed by atoms with van der Waals surface area (Å²) in [6.45, 7) is 0. The van der Waals surface area contributed by atoms with Gasteiger partial charge in [-0.1, -0.05) is 0 Å². The molecule has 4 N–H and O–H groups in total. The number of hydrogen-bond acceptors (Lipinski definition) is 1. The van der Waals surface area contributed by atoms with Crippen LogP contribution in [0.3, 0.4) is 0 Å². The fraction of sp³-hybridized carbons (Fsp3) is 0. The van der Waals surface area contributed by atoms with Crippen LogP contribution in [0.15, 0.2) is 0 Å². The summed E-state index contributed by atoms with van der Waals surface area (Å²) >= 11 is 0. The third-order valence-electron chi connectivity index (χ3n) is 0. The number of rotatable bonds is 0. The zero-order valence-electron chi connectivity index (χ0n) is 5.01. The molecule has 0 bridgehead atoms. The van der Waals surface area contributed by atoms with Gasteiger partial charge >= 0.3 is 46.9 Å². The summed E-state index contributed by atoms with van der Waals surface area (Å²) in [6.07, 6.45) is 0. The van der Waals surface area contributed by atoms with Gasteiger partial charge in [-0.05, 0) is 0 Å². The van der Waals surface area contributed by atoms with Gasteiger partial charge in [-0.3, -0.25) is 4.46 Å². The Kier molecular flexibility index (Phi) is 24.5. The first-order valence-corrected chi connectivity index (χ1v) is 1.95. The topological polar surface area (TPSA) is 89.0 Å². The molecule has 0 spiro atoms. The van der Waals surface area contributed by atoms with Crippen LogP contribution in [0.5, 0.6) is 0 Å². The molecular formula is H6CaO4Si. The third-order valence-corrected chi connectivity index (χ3v) is 0. The SMILES string of the molecule is O.O=[Si](O)O.[Ca+2].[H-].[H-]. The quantitative estimate of drug-likeness (QED) is 0.360. The van der Waals surface area contributed by atoms with Crippen molar-refractivity contribution in [2.75, 3.05) is 0 Å². The van der Waals surface area contributed by atoms with Gasteiger partial charge in [0.2, 0.25) is 0 Å². The summed E-state index contributed by atoms with van der Waals surface area (Å²) < 4.78 is 8.74.